The first-order chi connectivity index (χ1) is 8.26. The lowest BCUT2D eigenvalue weighted by atomic mass is 10.1. The number of aliphatic hydroxyl groups is 1. The molecule has 0 amide bonds. The van der Waals surface area contributed by atoms with Crippen molar-refractivity contribution in [1.29, 1.82) is 5.39 Å². The van der Waals surface area contributed by atoms with Crippen molar-refractivity contribution in [3.63, 3.8) is 0 Å². The molecule has 0 saturated carbocycles. The Morgan fingerprint density at radius 3 is 2.18 bits per heavy atom. The van der Waals surface area contributed by atoms with Gasteiger partial charge in [-0.25, -0.2) is 0 Å². The Balaban J connectivity index is 3.65. The first-order valence-electron chi connectivity index (χ1n) is 6.66. The van der Waals surface area contributed by atoms with E-state index in [2.05, 4.69) is 11.9 Å². The molecule has 0 aliphatic rings. The molecule has 0 aromatic carbocycles. The predicted octanol–water partition coefficient (Wildman–Crippen LogP) is 4.74. The molecule has 17 heavy (non-hydrogen) atoms. The molecule has 0 unspecified atom stereocenters. The predicted molar refractivity (Wildman–Crippen MR) is 69.0 cm³/mol. The van der Waals surface area contributed by atoms with Crippen molar-refractivity contribution < 1.29 is 9.84 Å². The van der Waals surface area contributed by atoms with E-state index >= 15 is 0 Å². The van der Waals surface area contributed by atoms with Gasteiger partial charge in [-0.1, -0.05) is 45.4 Å². The molecule has 4 nitrogen and oxygen atoms in total. The van der Waals surface area contributed by atoms with Crippen molar-refractivity contribution >= 4 is 0 Å². The molecule has 98 valence electrons. The lowest BCUT2D eigenvalue weighted by Crippen LogP contribution is -1.94. The highest BCUT2D eigenvalue weighted by Gasteiger charge is 2.19. The fraction of sp³-hybridized carbons (Fsp3) is 0.846. The summed E-state index contributed by atoms with van der Waals surface area (Å²) in [4.78, 5) is 3.06. The Kier molecular flexibility index (Phi) is 10.4. The molecule has 0 atom stereocenters. The highest BCUT2D eigenvalue weighted by atomic mass is 16.6. The van der Waals surface area contributed by atoms with Crippen LogP contribution in [0.3, 0.4) is 0 Å². The number of allylic oxidation sites excluding steroid dienone is 1. The number of hydrogen-bond donors (Lipinski definition) is 1. The minimum absolute atomic E-state index is 0.249. The quantitative estimate of drug-likeness (QED) is 0.341. The minimum atomic E-state index is -0.249. The second-order valence-corrected chi connectivity index (χ2v) is 4.16. The van der Waals surface area contributed by atoms with E-state index in [-0.39, 0.29) is 11.6 Å². The summed E-state index contributed by atoms with van der Waals surface area (Å²) >= 11 is 0. The van der Waals surface area contributed by atoms with E-state index in [1.54, 1.807) is 6.92 Å². The van der Waals surface area contributed by atoms with Gasteiger partial charge in [0.15, 0.2) is 4.98 Å². The Morgan fingerprint density at radius 1 is 1.06 bits per heavy atom. The molecule has 0 aliphatic heterocycles. The number of hydrogen-bond acceptors (Lipinski definition) is 3. The van der Waals surface area contributed by atoms with Gasteiger partial charge in [0.25, 0.3) is 0 Å². The van der Waals surface area contributed by atoms with Crippen molar-refractivity contribution in [2.24, 2.45) is 0 Å². The summed E-state index contributed by atoms with van der Waals surface area (Å²) in [5, 5.41) is 18.1. The molecule has 0 fully saturated rings. The summed E-state index contributed by atoms with van der Waals surface area (Å²) in [6.07, 6.45) is 8.92. The van der Waals surface area contributed by atoms with Gasteiger partial charge in [0.2, 0.25) is 5.39 Å². The molecule has 0 heterocycles. The van der Waals surface area contributed by atoms with Crippen molar-refractivity contribution in [1.82, 2.24) is 0 Å². The summed E-state index contributed by atoms with van der Waals surface area (Å²) in [5.74, 6) is -0.249. The van der Waals surface area contributed by atoms with Crippen LogP contribution in [0.2, 0.25) is 0 Å². The zero-order valence-corrected chi connectivity index (χ0v) is 11.1. The molecule has 0 radical (unpaired) electrons. The summed E-state index contributed by atoms with van der Waals surface area (Å²) in [6.45, 7) is 4.36. The van der Waals surface area contributed by atoms with E-state index < -0.39 is 0 Å². The molecular weight excluding hydrogens is 216 g/mol. The Morgan fingerprint density at radius 2 is 1.65 bits per heavy atom. The van der Waals surface area contributed by atoms with Crippen molar-refractivity contribution in [2.75, 3.05) is 6.61 Å². The third-order valence-corrected chi connectivity index (χ3v) is 2.67. The van der Waals surface area contributed by atoms with E-state index in [4.69, 9.17) is 10.1 Å². The van der Waals surface area contributed by atoms with Gasteiger partial charge in [0.1, 0.15) is 0 Å². The standard InChI is InChI=1S/C13H24N2O2/c1-3-5-6-7-8-9-10-11-12(15-14)13(16)17-4-2/h3-11H2,1-2H3/p+1/b13-12+. The number of rotatable bonds is 10. The van der Waals surface area contributed by atoms with Crippen LogP contribution in [0.25, 0.3) is 4.98 Å². The van der Waals surface area contributed by atoms with Crippen LogP contribution in [0.5, 0.6) is 0 Å². The van der Waals surface area contributed by atoms with Gasteiger partial charge in [-0.3, -0.25) is 0 Å². The van der Waals surface area contributed by atoms with Crippen LogP contribution < -0.4 is 0 Å². The van der Waals surface area contributed by atoms with Crippen LogP contribution in [0.15, 0.2) is 11.6 Å². The molecule has 0 aromatic rings. The summed E-state index contributed by atoms with van der Waals surface area (Å²) < 4.78 is 4.89. The second kappa shape index (κ2) is 11.3. The Labute approximate surface area is 104 Å². The summed E-state index contributed by atoms with van der Waals surface area (Å²) in [6, 6.07) is 0. The molecule has 0 aromatic heterocycles. The van der Waals surface area contributed by atoms with E-state index in [0.717, 1.165) is 12.8 Å². The van der Waals surface area contributed by atoms with E-state index in [9.17, 15) is 5.11 Å². The fourth-order valence-electron chi connectivity index (χ4n) is 1.67. The SMILES string of the molecule is CCCCCCCCC/C([N+]#N)=C(/O)OCC. The zero-order valence-electron chi connectivity index (χ0n) is 11.1. The number of unbranched alkanes of at least 4 members (excludes halogenated alkanes) is 6. The first kappa shape index (κ1) is 15.8. The van der Waals surface area contributed by atoms with Crippen LogP contribution in [0.4, 0.5) is 0 Å². The van der Waals surface area contributed by atoms with E-state index in [0.29, 0.717) is 13.0 Å². The van der Waals surface area contributed by atoms with Gasteiger partial charge in [-0.15, -0.1) is 0 Å². The average molecular weight is 241 g/mol. The molecule has 4 heteroatoms. The van der Waals surface area contributed by atoms with Gasteiger partial charge < -0.3 is 9.84 Å². The normalized spacial score (nSPS) is 11.8. The maximum absolute atomic E-state index is 9.39. The minimum Gasteiger partial charge on any atom is -0.475 e. The lowest BCUT2D eigenvalue weighted by molar-refractivity contribution is 0.0977. The number of ether oxygens (including phenoxy) is 1. The van der Waals surface area contributed by atoms with Crippen LogP contribution >= 0.6 is 0 Å². The molecule has 0 rings (SSSR count). The van der Waals surface area contributed by atoms with Crippen LogP contribution in [0.1, 0.15) is 65.2 Å². The van der Waals surface area contributed by atoms with Gasteiger partial charge in [0.05, 0.1) is 13.0 Å². The first-order valence-corrected chi connectivity index (χ1v) is 6.66. The Bertz CT molecular complexity index is 257. The highest BCUT2D eigenvalue weighted by Crippen LogP contribution is 2.16. The molecule has 1 N–H and O–H groups in total. The van der Waals surface area contributed by atoms with Crippen LogP contribution in [0, 0.1) is 5.39 Å². The van der Waals surface area contributed by atoms with E-state index in [1.165, 1.54) is 32.1 Å². The smallest absolute Gasteiger partial charge is 0.440 e. The third kappa shape index (κ3) is 8.56. The monoisotopic (exact) mass is 241 g/mol. The summed E-state index contributed by atoms with van der Waals surface area (Å²) in [7, 11) is 0. The molecule has 0 saturated heterocycles. The van der Waals surface area contributed by atoms with Crippen molar-refractivity contribution in [3.05, 3.63) is 16.6 Å². The number of diazo groups is 1. The zero-order chi connectivity index (χ0) is 12.9. The Hall–Kier alpha value is -1.24. The highest BCUT2D eigenvalue weighted by molar-refractivity contribution is 5.09. The molecule has 0 spiro atoms. The van der Waals surface area contributed by atoms with E-state index in [1.807, 2.05) is 0 Å². The van der Waals surface area contributed by atoms with Crippen molar-refractivity contribution in [3.8, 4) is 0 Å². The van der Waals surface area contributed by atoms with Gasteiger partial charge in [0, 0.05) is 0 Å². The molecular formula is C13H25N2O2+. The molecule has 0 aliphatic carbocycles. The second-order valence-electron chi connectivity index (χ2n) is 4.16. The van der Waals surface area contributed by atoms with Gasteiger partial charge in [-0.2, -0.15) is 0 Å². The van der Waals surface area contributed by atoms with Gasteiger partial charge >= 0.3 is 11.6 Å². The fourth-order valence-corrected chi connectivity index (χ4v) is 1.67. The lowest BCUT2D eigenvalue weighted by Gasteiger charge is -1.99. The topological polar surface area (TPSA) is 57.6 Å². The summed E-state index contributed by atoms with van der Waals surface area (Å²) in [5.41, 5.74) is 0.250. The van der Waals surface area contributed by atoms with Crippen LogP contribution in [-0.4, -0.2) is 11.7 Å². The maximum Gasteiger partial charge on any atom is 0.440 e. The van der Waals surface area contributed by atoms with Crippen LogP contribution in [-0.2, 0) is 4.74 Å². The largest absolute Gasteiger partial charge is 0.475 e. The number of aliphatic hydroxyl groups excluding tert-OH is 1. The third-order valence-electron chi connectivity index (χ3n) is 2.67. The van der Waals surface area contributed by atoms with Gasteiger partial charge in [-0.05, 0) is 13.3 Å². The number of nitrogens with zero attached hydrogens (tertiary/aromatic N) is 2. The molecule has 0 bridgehead atoms. The van der Waals surface area contributed by atoms with Crippen molar-refractivity contribution in [2.45, 2.75) is 65.2 Å². The maximum atomic E-state index is 9.39. The average Bonchev–Trinajstić information content (AvgIpc) is 2.33.